The number of morpholine rings is 1. The Morgan fingerprint density at radius 3 is 2.50 bits per heavy atom. The average molecular weight is 466 g/mol. The van der Waals surface area contributed by atoms with Gasteiger partial charge in [-0.15, -0.1) is 0 Å². The van der Waals surface area contributed by atoms with Crippen molar-refractivity contribution in [2.75, 3.05) is 31.0 Å². The number of hydrogen-bond acceptors (Lipinski definition) is 6. The van der Waals surface area contributed by atoms with Crippen molar-refractivity contribution >= 4 is 32.7 Å². The Morgan fingerprint density at radius 2 is 1.78 bits per heavy atom. The molecule has 4 rings (SSSR count). The Morgan fingerprint density at radius 1 is 1.06 bits per heavy atom. The van der Waals surface area contributed by atoms with Crippen molar-refractivity contribution in [3.63, 3.8) is 0 Å². The molecule has 0 spiro atoms. The van der Waals surface area contributed by atoms with Crippen LogP contribution in [-0.4, -0.2) is 55.5 Å². The molecule has 168 valence electrons. The quantitative estimate of drug-likeness (QED) is 0.635. The number of nitrogens with zero attached hydrogens (tertiary/aromatic N) is 3. The lowest BCUT2D eigenvalue weighted by Gasteiger charge is -2.27. The number of rotatable bonds is 4. The number of benzene rings is 2. The molecule has 0 radical (unpaired) electrons. The van der Waals surface area contributed by atoms with Gasteiger partial charge in [0.25, 0.3) is 15.9 Å². The van der Waals surface area contributed by atoms with Crippen LogP contribution in [-0.2, 0) is 20.9 Å². The first-order valence-electron chi connectivity index (χ1n) is 9.48. The van der Waals surface area contributed by atoms with Crippen molar-refractivity contribution in [2.24, 2.45) is 0 Å². The van der Waals surface area contributed by atoms with Crippen molar-refractivity contribution in [1.82, 2.24) is 14.9 Å². The number of anilines is 1. The lowest BCUT2D eigenvalue weighted by Crippen LogP contribution is -2.41. The number of alkyl halides is 3. The van der Waals surface area contributed by atoms with Gasteiger partial charge in [0.1, 0.15) is 10.4 Å². The number of para-hydroxylation sites is 1. The number of carbonyl (C=O) groups excluding carboxylic acids is 1. The van der Waals surface area contributed by atoms with E-state index >= 15 is 0 Å². The maximum Gasteiger partial charge on any atom is 0.416 e. The van der Waals surface area contributed by atoms with Crippen molar-refractivity contribution in [3.8, 4) is 0 Å². The minimum absolute atomic E-state index is 0.0257. The minimum atomic E-state index is -4.80. The van der Waals surface area contributed by atoms with Crippen LogP contribution in [0.4, 0.5) is 18.9 Å². The van der Waals surface area contributed by atoms with Crippen molar-refractivity contribution in [1.29, 1.82) is 0 Å². The van der Waals surface area contributed by atoms with Crippen LogP contribution in [0.2, 0.25) is 0 Å². The zero-order chi connectivity index (χ0) is 22.9. The van der Waals surface area contributed by atoms with E-state index < -0.39 is 32.6 Å². The second-order valence-corrected chi connectivity index (χ2v) is 8.60. The normalized spacial score (nSPS) is 15.0. The Balaban J connectivity index is 1.80. The van der Waals surface area contributed by atoms with Crippen LogP contribution in [0.1, 0.15) is 15.9 Å². The fraction of sp³-hybridized carbons (Fsp3) is 0.250. The summed E-state index contributed by atoms with van der Waals surface area (Å²) in [4.78, 5) is 21.7. The van der Waals surface area contributed by atoms with Gasteiger partial charge < -0.3 is 9.64 Å². The second kappa shape index (κ2) is 8.36. The molecule has 2 heterocycles. The molecule has 1 fully saturated rings. The first-order valence-corrected chi connectivity index (χ1v) is 11.0. The first kappa shape index (κ1) is 22.0. The fourth-order valence-electron chi connectivity index (χ4n) is 3.31. The number of carbonyl (C=O) groups is 1. The third-order valence-electron chi connectivity index (χ3n) is 4.87. The summed E-state index contributed by atoms with van der Waals surface area (Å²) in [5.74, 6) is -0.694. The molecule has 0 atom stereocenters. The predicted octanol–water partition coefficient (Wildman–Crippen LogP) is 2.92. The Kier molecular flexibility index (Phi) is 5.73. The molecular weight excluding hydrogens is 449 g/mol. The van der Waals surface area contributed by atoms with E-state index in [0.717, 1.165) is 6.07 Å². The Labute approximate surface area is 181 Å². The highest BCUT2D eigenvalue weighted by Gasteiger charge is 2.35. The number of aromatic nitrogens is 2. The topological polar surface area (TPSA) is 101 Å². The van der Waals surface area contributed by atoms with Crippen LogP contribution < -0.4 is 4.72 Å². The molecule has 0 bridgehead atoms. The summed E-state index contributed by atoms with van der Waals surface area (Å²) in [6.45, 7) is 0.903. The van der Waals surface area contributed by atoms with Crippen LogP contribution in [0.25, 0.3) is 11.0 Å². The van der Waals surface area contributed by atoms with Gasteiger partial charge in [-0.3, -0.25) is 19.5 Å². The van der Waals surface area contributed by atoms with E-state index in [4.69, 9.17) is 4.74 Å². The molecular formula is C20H17F3N4O4S. The molecule has 1 aliphatic rings. The summed E-state index contributed by atoms with van der Waals surface area (Å²) in [6, 6.07) is 6.59. The molecule has 1 amide bonds. The largest absolute Gasteiger partial charge is 0.416 e. The van der Waals surface area contributed by atoms with Crippen molar-refractivity contribution in [2.45, 2.75) is 11.1 Å². The summed E-state index contributed by atoms with van der Waals surface area (Å²) >= 11 is 0. The van der Waals surface area contributed by atoms with Gasteiger partial charge >= 0.3 is 6.18 Å². The highest BCUT2D eigenvalue weighted by Crippen LogP contribution is 2.33. The van der Waals surface area contributed by atoms with Crippen LogP contribution in [0, 0.1) is 0 Å². The molecule has 0 aliphatic carbocycles. The maximum absolute atomic E-state index is 13.3. The molecule has 2 aromatic carbocycles. The number of amides is 1. The van der Waals surface area contributed by atoms with Gasteiger partial charge in [-0.2, -0.15) is 13.2 Å². The molecule has 0 saturated carbocycles. The lowest BCUT2D eigenvalue weighted by molar-refractivity contribution is -0.137. The number of sulfonamides is 1. The van der Waals surface area contributed by atoms with Crippen LogP contribution in [0.15, 0.2) is 53.7 Å². The Bertz CT molecular complexity index is 1270. The zero-order valence-corrected chi connectivity index (χ0v) is 17.3. The van der Waals surface area contributed by atoms with E-state index in [1.807, 2.05) is 0 Å². The van der Waals surface area contributed by atoms with Crippen molar-refractivity contribution in [3.05, 3.63) is 59.9 Å². The highest BCUT2D eigenvalue weighted by molar-refractivity contribution is 7.92. The number of fused-ring (bicyclic) bond motifs is 1. The van der Waals surface area contributed by atoms with E-state index in [-0.39, 0.29) is 43.1 Å². The minimum Gasteiger partial charge on any atom is -0.378 e. The smallest absolute Gasteiger partial charge is 0.378 e. The zero-order valence-electron chi connectivity index (χ0n) is 16.5. The molecule has 0 unspecified atom stereocenters. The molecule has 8 nitrogen and oxygen atoms in total. The van der Waals surface area contributed by atoms with E-state index in [2.05, 4.69) is 14.7 Å². The van der Waals surface area contributed by atoms with Gasteiger partial charge in [0.2, 0.25) is 0 Å². The van der Waals surface area contributed by atoms with Gasteiger partial charge in [-0.05, 0) is 30.3 Å². The molecule has 3 aromatic rings. The molecule has 12 heteroatoms. The third-order valence-corrected chi connectivity index (χ3v) is 6.28. The maximum atomic E-state index is 13.3. The summed E-state index contributed by atoms with van der Waals surface area (Å²) in [5.41, 5.74) is -0.918. The number of hydrogen-bond donors (Lipinski definition) is 1. The van der Waals surface area contributed by atoms with Gasteiger partial charge in [0, 0.05) is 25.5 Å². The van der Waals surface area contributed by atoms with Gasteiger partial charge in [0.05, 0.1) is 35.5 Å². The van der Waals surface area contributed by atoms with Crippen molar-refractivity contribution < 1.29 is 31.1 Å². The van der Waals surface area contributed by atoms with Crippen LogP contribution in [0.5, 0.6) is 0 Å². The number of nitrogens with one attached hydrogen (secondary N) is 1. The van der Waals surface area contributed by atoms with E-state index in [1.165, 1.54) is 29.4 Å². The monoisotopic (exact) mass is 466 g/mol. The molecule has 1 saturated heterocycles. The molecule has 1 aromatic heterocycles. The number of ether oxygens (including phenoxy) is 1. The van der Waals surface area contributed by atoms with E-state index in [0.29, 0.717) is 17.6 Å². The van der Waals surface area contributed by atoms with E-state index in [9.17, 15) is 26.4 Å². The summed E-state index contributed by atoms with van der Waals surface area (Å²) in [5, 5.41) is 0. The molecule has 32 heavy (non-hydrogen) atoms. The summed E-state index contributed by atoms with van der Waals surface area (Å²) in [6.07, 6.45) is -2.01. The third kappa shape index (κ3) is 4.36. The Hall–Kier alpha value is -3.25. The lowest BCUT2D eigenvalue weighted by atomic mass is 10.1. The highest BCUT2D eigenvalue weighted by atomic mass is 32.2. The number of halogens is 3. The van der Waals surface area contributed by atoms with Gasteiger partial charge in [-0.25, -0.2) is 8.42 Å². The summed E-state index contributed by atoms with van der Waals surface area (Å²) in [7, 11) is -4.60. The standard InChI is InChI=1S/C20H17F3N4O4S/c21-20(22,23)13-4-5-14(19(28)27-8-10-31-11-9-27)17(12-13)32(29,30)26-16-3-1-2-15-18(16)25-7-6-24-15/h1-7,12,26H,8-11H2. The first-order chi connectivity index (χ1) is 15.2. The van der Waals surface area contributed by atoms with Crippen LogP contribution in [0.3, 0.4) is 0 Å². The van der Waals surface area contributed by atoms with Gasteiger partial charge in [0.15, 0.2) is 0 Å². The average Bonchev–Trinajstić information content (AvgIpc) is 2.78. The fourth-order valence-corrected chi connectivity index (χ4v) is 4.60. The SMILES string of the molecule is O=C(c1ccc(C(F)(F)F)cc1S(=O)(=O)Nc1cccc2nccnc12)N1CCOCC1. The molecule has 1 aliphatic heterocycles. The predicted molar refractivity (Wildman–Crippen MR) is 109 cm³/mol. The second-order valence-electron chi connectivity index (χ2n) is 6.95. The van der Waals surface area contributed by atoms with Crippen LogP contribution >= 0.6 is 0 Å². The van der Waals surface area contributed by atoms with Gasteiger partial charge in [-0.1, -0.05) is 6.07 Å². The summed E-state index contributed by atoms with van der Waals surface area (Å²) < 4.78 is 73.9. The van der Waals surface area contributed by atoms with E-state index in [1.54, 1.807) is 6.07 Å². The molecule has 1 N–H and O–H groups in total.